The zero-order valence-electron chi connectivity index (χ0n) is 10.4. The van der Waals surface area contributed by atoms with E-state index in [1.165, 1.54) is 5.56 Å². The van der Waals surface area contributed by atoms with Gasteiger partial charge < -0.3 is 14.7 Å². The minimum atomic E-state index is -0.406. The molecule has 0 spiro atoms. The summed E-state index contributed by atoms with van der Waals surface area (Å²) < 4.78 is 5.79. The second-order valence-corrected chi connectivity index (χ2v) is 5.06. The molecule has 1 aromatic rings. The topological polar surface area (TPSA) is 49.8 Å². The molecular formula is C14H17NO3. The molecule has 4 nitrogen and oxygen atoms in total. The van der Waals surface area contributed by atoms with Crippen LogP contribution in [0.25, 0.3) is 0 Å². The van der Waals surface area contributed by atoms with E-state index >= 15 is 0 Å². The molecule has 1 N–H and O–H groups in total. The lowest BCUT2D eigenvalue weighted by atomic mass is 10.0. The molecule has 0 radical (unpaired) electrons. The molecule has 0 aromatic heterocycles. The average Bonchev–Trinajstić information content (AvgIpc) is 2.76. The van der Waals surface area contributed by atoms with E-state index in [4.69, 9.17) is 4.74 Å². The molecule has 1 aliphatic heterocycles. The third-order valence-electron chi connectivity index (χ3n) is 3.96. The van der Waals surface area contributed by atoms with E-state index in [9.17, 15) is 9.90 Å². The summed E-state index contributed by atoms with van der Waals surface area (Å²) in [6.07, 6.45) is 1.85. The van der Waals surface area contributed by atoms with Crippen LogP contribution in [-0.2, 0) is 11.2 Å². The Morgan fingerprint density at radius 2 is 2.33 bits per heavy atom. The Balaban J connectivity index is 1.70. The van der Waals surface area contributed by atoms with Crippen molar-refractivity contribution < 1.29 is 14.6 Å². The van der Waals surface area contributed by atoms with Gasteiger partial charge in [-0.2, -0.15) is 0 Å². The zero-order chi connectivity index (χ0) is 12.7. The van der Waals surface area contributed by atoms with E-state index in [-0.39, 0.29) is 11.9 Å². The molecule has 1 aliphatic carbocycles. The second-order valence-electron chi connectivity index (χ2n) is 5.06. The molecule has 96 valence electrons. The Morgan fingerprint density at radius 1 is 1.50 bits per heavy atom. The number of carbonyl (C=O) groups is 1. The van der Waals surface area contributed by atoms with Crippen molar-refractivity contribution in [2.45, 2.75) is 31.4 Å². The van der Waals surface area contributed by atoms with Gasteiger partial charge >= 0.3 is 0 Å². The molecule has 1 amide bonds. The van der Waals surface area contributed by atoms with E-state index in [1.54, 1.807) is 11.9 Å². The maximum atomic E-state index is 11.1. The molecule has 18 heavy (non-hydrogen) atoms. The highest BCUT2D eigenvalue weighted by Crippen LogP contribution is 2.38. The number of hydrogen-bond acceptors (Lipinski definition) is 3. The van der Waals surface area contributed by atoms with Crippen molar-refractivity contribution in [3.63, 3.8) is 0 Å². The first-order valence-electron chi connectivity index (χ1n) is 6.35. The van der Waals surface area contributed by atoms with E-state index in [2.05, 4.69) is 0 Å². The maximum absolute atomic E-state index is 11.1. The lowest BCUT2D eigenvalue weighted by Crippen LogP contribution is -2.52. The number of fused-ring (bicyclic) bond motifs is 1. The molecule has 3 rings (SSSR count). The second kappa shape index (κ2) is 4.28. The van der Waals surface area contributed by atoms with Crippen LogP contribution in [0, 0.1) is 0 Å². The van der Waals surface area contributed by atoms with Gasteiger partial charge in [0.05, 0.1) is 18.6 Å². The van der Waals surface area contributed by atoms with Gasteiger partial charge in [-0.3, -0.25) is 4.79 Å². The van der Waals surface area contributed by atoms with Crippen LogP contribution in [0.2, 0.25) is 0 Å². The third-order valence-corrected chi connectivity index (χ3v) is 3.96. The average molecular weight is 247 g/mol. The Kier molecular flexibility index (Phi) is 2.74. The van der Waals surface area contributed by atoms with Gasteiger partial charge in [0, 0.05) is 12.6 Å². The van der Waals surface area contributed by atoms with Gasteiger partial charge in [0.2, 0.25) is 5.91 Å². The van der Waals surface area contributed by atoms with E-state index in [0.717, 1.165) is 24.2 Å². The number of likely N-dealkylation sites (tertiary alicyclic amines) is 1. The molecule has 2 aliphatic rings. The van der Waals surface area contributed by atoms with Crippen molar-refractivity contribution in [1.29, 1.82) is 0 Å². The summed E-state index contributed by atoms with van der Waals surface area (Å²) in [6, 6.07) is 6.07. The van der Waals surface area contributed by atoms with Gasteiger partial charge in [0.15, 0.2) is 0 Å². The molecule has 1 fully saturated rings. The highest BCUT2D eigenvalue weighted by molar-refractivity contribution is 5.82. The summed E-state index contributed by atoms with van der Waals surface area (Å²) in [5.41, 5.74) is 2.11. The van der Waals surface area contributed by atoms with Crippen molar-refractivity contribution in [3.05, 3.63) is 29.3 Å². The molecule has 2 unspecified atom stereocenters. The zero-order valence-corrected chi connectivity index (χ0v) is 10.4. The standard InChI is InChI=1S/C14H17NO3/c1-15-10(7-13(15)17)8-18-12-4-2-3-9-5-6-11(16)14(9)12/h2-4,10-11,16H,5-8H2,1H3. The number of likely N-dealkylation sites (N-methyl/N-ethyl adjacent to an activating group) is 1. The van der Waals surface area contributed by atoms with Crippen molar-refractivity contribution in [1.82, 2.24) is 4.90 Å². The van der Waals surface area contributed by atoms with Gasteiger partial charge in [-0.05, 0) is 24.5 Å². The summed E-state index contributed by atoms with van der Waals surface area (Å²) in [7, 11) is 1.80. The Labute approximate surface area is 106 Å². The van der Waals surface area contributed by atoms with Crippen molar-refractivity contribution in [3.8, 4) is 5.75 Å². The third kappa shape index (κ3) is 1.77. The molecule has 1 saturated heterocycles. The molecule has 4 heteroatoms. The first kappa shape index (κ1) is 11.5. The first-order valence-corrected chi connectivity index (χ1v) is 6.35. The summed E-state index contributed by atoms with van der Waals surface area (Å²) >= 11 is 0. The van der Waals surface area contributed by atoms with Gasteiger partial charge in [0.1, 0.15) is 12.4 Å². The molecular weight excluding hydrogens is 230 g/mol. The van der Waals surface area contributed by atoms with Crippen LogP contribution in [-0.4, -0.2) is 35.6 Å². The van der Waals surface area contributed by atoms with E-state index in [0.29, 0.717) is 13.0 Å². The number of nitrogens with zero attached hydrogens (tertiary/aromatic N) is 1. The Morgan fingerprint density at radius 3 is 3.06 bits per heavy atom. The van der Waals surface area contributed by atoms with Gasteiger partial charge in [-0.1, -0.05) is 12.1 Å². The van der Waals surface area contributed by atoms with Crippen LogP contribution < -0.4 is 4.74 Å². The van der Waals surface area contributed by atoms with Crippen molar-refractivity contribution >= 4 is 5.91 Å². The fourth-order valence-corrected chi connectivity index (χ4v) is 2.68. The predicted molar refractivity (Wildman–Crippen MR) is 66.4 cm³/mol. The smallest absolute Gasteiger partial charge is 0.224 e. The van der Waals surface area contributed by atoms with Crippen LogP contribution in [0.15, 0.2) is 18.2 Å². The summed E-state index contributed by atoms with van der Waals surface area (Å²) in [5.74, 6) is 0.937. The van der Waals surface area contributed by atoms with Crippen LogP contribution in [0.4, 0.5) is 0 Å². The quantitative estimate of drug-likeness (QED) is 0.818. The fraction of sp³-hybridized carbons (Fsp3) is 0.500. The highest BCUT2D eigenvalue weighted by atomic mass is 16.5. The molecule has 0 saturated carbocycles. The first-order chi connectivity index (χ1) is 8.66. The lowest BCUT2D eigenvalue weighted by Gasteiger charge is -2.37. The summed E-state index contributed by atoms with van der Waals surface area (Å²) in [6.45, 7) is 0.505. The Hall–Kier alpha value is -1.55. The number of ether oxygens (including phenoxy) is 1. The normalized spacial score (nSPS) is 25.9. The number of carbonyl (C=O) groups excluding carboxylic acids is 1. The van der Waals surface area contributed by atoms with E-state index < -0.39 is 6.10 Å². The monoisotopic (exact) mass is 247 g/mol. The SMILES string of the molecule is CN1C(=O)CC1COc1cccc2c1C(O)CC2. The number of amides is 1. The number of hydrogen-bond donors (Lipinski definition) is 1. The van der Waals surface area contributed by atoms with Gasteiger partial charge in [0.25, 0.3) is 0 Å². The van der Waals surface area contributed by atoms with Crippen LogP contribution in [0.1, 0.15) is 30.1 Å². The predicted octanol–water partition coefficient (Wildman–Crippen LogP) is 1.28. The number of aryl methyl sites for hydroxylation is 1. The van der Waals surface area contributed by atoms with Gasteiger partial charge in [-0.25, -0.2) is 0 Å². The minimum Gasteiger partial charge on any atom is -0.491 e. The molecule has 1 heterocycles. The number of β-lactam (4-membered cyclic amide) rings is 1. The number of rotatable bonds is 3. The minimum absolute atomic E-state index is 0.168. The number of aliphatic hydroxyl groups excluding tert-OH is 1. The van der Waals surface area contributed by atoms with E-state index in [1.807, 2.05) is 18.2 Å². The molecule has 0 bridgehead atoms. The number of benzene rings is 1. The largest absolute Gasteiger partial charge is 0.491 e. The molecule has 1 aromatic carbocycles. The number of aliphatic hydroxyl groups is 1. The maximum Gasteiger partial charge on any atom is 0.224 e. The van der Waals surface area contributed by atoms with Gasteiger partial charge in [-0.15, -0.1) is 0 Å². The lowest BCUT2D eigenvalue weighted by molar-refractivity contribution is -0.144. The Bertz CT molecular complexity index is 486. The molecule has 2 atom stereocenters. The van der Waals surface area contributed by atoms with Crippen LogP contribution in [0.3, 0.4) is 0 Å². The highest BCUT2D eigenvalue weighted by Gasteiger charge is 2.33. The summed E-state index contributed by atoms with van der Waals surface area (Å²) in [4.78, 5) is 12.8. The van der Waals surface area contributed by atoms with Crippen molar-refractivity contribution in [2.75, 3.05) is 13.7 Å². The van der Waals surface area contributed by atoms with Crippen LogP contribution in [0.5, 0.6) is 5.75 Å². The summed E-state index contributed by atoms with van der Waals surface area (Å²) in [5, 5.41) is 9.95. The van der Waals surface area contributed by atoms with Crippen LogP contribution >= 0.6 is 0 Å². The van der Waals surface area contributed by atoms with Crippen molar-refractivity contribution in [2.24, 2.45) is 0 Å². The fourth-order valence-electron chi connectivity index (χ4n) is 2.68.